The molecule has 0 aromatic carbocycles. The van der Waals surface area contributed by atoms with Gasteiger partial charge in [-0.15, -0.1) is 0 Å². The van der Waals surface area contributed by atoms with Crippen molar-refractivity contribution in [1.82, 2.24) is 9.46 Å². The van der Waals surface area contributed by atoms with E-state index in [1.54, 1.807) is 0 Å². The van der Waals surface area contributed by atoms with Crippen LogP contribution in [-0.4, -0.2) is 30.1 Å². The molecule has 0 saturated heterocycles. The number of hydrogen-bond donors (Lipinski definition) is 5. The van der Waals surface area contributed by atoms with Gasteiger partial charge in [-0.3, -0.25) is 0 Å². The molecule has 0 unspecified atom stereocenters. The van der Waals surface area contributed by atoms with E-state index in [2.05, 4.69) is 0 Å². The van der Waals surface area contributed by atoms with Crippen molar-refractivity contribution in [3.63, 3.8) is 0 Å². The molecule has 2 heterocycles. The molecule has 0 amide bonds. The van der Waals surface area contributed by atoms with Crippen molar-refractivity contribution in [2.45, 2.75) is 0 Å². The van der Waals surface area contributed by atoms with Gasteiger partial charge in [-0.2, -0.15) is 0 Å². The SMILES string of the molecule is Nc1c(O)n(O)c2c1n(O)c(O)[n+]2[O-]. The minimum absolute atomic E-state index is 0.0596. The van der Waals surface area contributed by atoms with Crippen molar-refractivity contribution >= 4 is 16.9 Å². The summed E-state index contributed by atoms with van der Waals surface area (Å²) < 4.78 is -0.0698. The second kappa shape index (κ2) is 2.07. The Balaban J connectivity index is 3.08. The first kappa shape index (κ1) is 8.16. The third-order valence-electron chi connectivity index (χ3n) is 1.88. The summed E-state index contributed by atoms with van der Waals surface area (Å²) in [6, 6.07) is -1.07. The number of nitrogens with zero attached hydrogens (tertiary/aromatic N) is 3. The van der Waals surface area contributed by atoms with Crippen LogP contribution in [0, 0.1) is 5.21 Å². The van der Waals surface area contributed by atoms with E-state index in [1.165, 1.54) is 0 Å². The summed E-state index contributed by atoms with van der Waals surface area (Å²) in [4.78, 5) is 0. The molecule has 0 aliphatic carbocycles. The van der Waals surface area contributed by atoms with Gasteiger partial charge >= 0.3 is 17.5 Å². The maximum Gasteiger partial charge on any atom is 0.435 e. The number of aromatic hydroxyl groups is 2. The van der Waals surface area contributed by atoms with Gasteiger partial charge in [0.2, 0.25) is 0 Å². The Morgan fingerprint density at radius 3 is 2.29 bits per heavy atom. The Bertz CT molecular complexity index is 439. The molecule has 14 heavy (non-hydrogen) atoms. The zero-order chi connectivity index (χ0) is 10.6. The molecule has 0 radical (unpaired) electrons. The molecule has 0 atom stereocenters. The van der Waals surface area contributed by atoms with Crippen LogP contribution in [0.25, 0.3) is 11.2 Å². The lowest BCUT2D eigenvalue weighted by Crippen LogP contribution is -2.26. The minimum Gasteiger partial charge on any atom is -0.737 e. The lowest BCUT2D eigenvalue weighted by atomic mass is 10.5. The summed E-state index contributed by atoms with van der Waals surface area (Å²) in [6.45, 7) is 0. The van der Waals surface area contributed by atoms with E-state index in [0.717, 1.165) is 0 Å². The molecule has 2 rings (SSSR count). The molecule has 9 heteroatoms. The molecule has 0 aliphatic rings. The number of hydrogen-bond acceptors (Lipinski definition) is 6. The van der Waals surface area contributed by atoms with Gasteiger partial charge in [0.05, 0.1) is 0 Å². The average Bonchev–Trinajstić information content (AvgIpc) is 2.51. The average molecular weight is 202 g/mol. The Hall–Kier alpha value is -2.45. The molecule has 2 aromatic rings. The first-order valence-corrected chi connectivity index (χ1v) is 3.41. The van der Waals surface area contributed by atoms with Crippen LogP contribution in [0.4, 0.5) is 5.69 Å². The highest BCUT2D eigenvalue weighted by atomic mass is 16.6. The predicted molar refractivity (Wildman–Crippen MR) is 41.0 cm³/mol. The zero-order valence-corrected chi connectivity index (χ0v) is 6.62. The highest BCUT2D eigenvalue weighted by Crippen LogP contribution is 2.32. The van der Waals surface area contributed by atoms with Crippen molar-refractivity contribution in [2.24, 2.45) is 0 Å². The molecule has 0 spiro atoms. The quantitative estimate of drug-likeness (QED) is 0.201. The highest BCUT2D eigenvalue weighted by Gasteiger charge is 2.31. The van der Waals surface area contributed by atoms with Crippen molar-refractivity contribution in [3.8, 4) is 11.9 Å². The summed E-state index contributed by atoms with van der Waals surface area (Å²) in [5.74, 6) is -0.789. The van der Waals surface area contributed by atoms with Crippen molar-refractivity contribution in [2.75, 3.05) is 5.73 Å². The molecule has 0 bridgehead atoms. The van der Waals surface area contributed by atoms with Crippen LogP contribution in [0.2, 0.25) is 0 Å². The lowest BCUT2D eigenvalue weighted by Gasteiger charge is -1.99. The summed E-state index contributed by atoms with van der Waals surface area (Å²) in [5.41, 5.74) is 3.88. The second-order valence-corrected chi connectivity index (χ2v) is 2.63. The van der Waals surface area contributed by atoms with Crippen molar-refractivity contribution in [3.05, 3.63) is 5.21 Å². The fourth-order valence-electron chi connectivity index (χ4n) is 1.21. The van der Waals surface area contributed by atoms with Crippen LogP contribution in [0.3, 0.4) is 0 Å². The third-order valence-corrected chi connectivity index (χ3v) is 1.88. The first-order valence-electron chi connectivity index (χ1n) is 3.41. The predicted octanol–water partition coefficient (Wildman–Crippen LogP) is -1.46. The van der Waals surface area contributed by atoms with Gasteiger partial charge in [0, 0.05) is 0 Å². The smallest absolute Gasteiger partial charge is 0.435 e. The van der Waals surface area contributed by atoms with Gasteiger partial charge in [0.1, 0.15) is 0 Å². The topological polar surface area (TPSA) is 144 Å². The zero-order valence-electron chi connectivity index (χ0n) is 6.62. The van der Waals surface area contributed by atoms with Gasteiger partial charge in [-0.25, -0.2) is 4.73 Å². The molecule has 6 N–H and O–H groups in total. The van der Waals surface area contributed by atoms with Crippen LogP contribution in [0.15, 0.2) is 0 Å². The Morgan fingerprint density at radius 1 is 1.21 bits per heavy atom. The summed E-state index contributed by atoms with van der Waals surface area (Å²) >= 11 is 0. The molecular weight excluding hydrogens is 196 g/mol. The first-order chi connectivity index (χ1) is 6.46. The minimum atomic E-state index is -1.07. The number of nitrogen functional groups attached to an aromatic ring is 1. The van der Waals surface area contributed by atoms with Crippen LogP contribution in [0.5, 0.6) is 11.9 Å². The van der Waals surface area contributed by atoms with Crippen LogP contribution >= 0.6 is 0 Å². The van der Waals surface area contributed by atoms with E-state index in [-0.39, 0.29) is 19.7 Å². The van der Waals surface area contributed by atoms with E-state index in [1.807, 2.05) is 0 Å². The number of anilines is 1. The molecule has 9 nitrogen and oxygen atoms in total. The molecule has 0 saturated carbocycles. The van der Waals surface area contributed by atoms with Crippen LogP contribution in [-0.2, 0) is 0 Å². The third kappa shape index (κ3) is 0.620. The van der Waals surface area contributed by atoms with E-state index < -0.39 is 23.2 Å². The Morgan fingerprint density at radius 2 is 1.79 bits per heavy atom. The maximum absolute atomic E-state index is 11.1. The van der Waals surface area contributed by atoms with Crippen molar-refractivity contribution in [1.29, 1.82) is 0 Å². The standard InChI is InChI=1S/C5H6N4O5/c6-1-2-3(8(13)4(1)10)9(14)5(11)7(2)12/h10-13H,6H2. The largest absolute Gasteiger partial charge is 0.737 e. The summed E-state index contributed by atoms with van der Waals surface area (Å²) in [7, 11) is 0. The molecule has 0 fully saturated rings. The molecule has 2 aromatic heterocycles. The number of nitrogens with two attached hydrogens (primary N) is 1. The Labute approximate surface area is 75.6 Å². The van der Waals surface area contributed by atoms with Gasteiger partial charge in [-0.1, -0.05) is 0 Å². The van der Waals surface area contributed by atoms with E-state index in [4.69, 9.17) is 26.4 Å². The van der Waals surface area contributed by atoms with Crippen molar-refractivity contribution < 1.29 is 25.4 Å². The number of imidazole rings is 1. The molecular formula is C5H6N4O5. The fourth-order valence-corrected chi connectivity index (χ4v) is 1.21. The van der Waals surface area contributed by atoms with E-state index >= 15 is 0 Å². The molecule has 76 valence electrons. The number of aromatic nitrogens is 3. The maximum atomic E-state index is 11.1. The van der Waals surface area contributed by atoms with Gasteiger partial charge in [-0.05, 0) is 9.46 Å². The monoisotopic (exact) mass is 202 g/mol. The number of rotatable bonds is 0. The van der Waals surface area contributed by atoms with Gasteiger partial charge in [0.15, 0.2) is 5.69 Å². The summed E-state index contributed by atoms with van der Waals surface area (Å²) in [6.07, 6.45) is 0. The number of fused-ring (bicyclic) bond motifs is 1. The normalized spacial score (nSPS) is 11.1. The highest BCUT2D eigenvalue weighted by molar-refractivity contribution is 5.88. The fraction of sp³-hybridized carbons (Fsp3) is 0. The Kier molecular flexibility index (Phi) is 1.21. The van der Waals surface area contributed by atoms with Gasteiger partial charge < -0.3 is 31.6 Å². The molecule has 0 aliphatic heterocycles. The van der Waals surface area contributed by atoms with Crippen LogP contribution in [0.1, 0.15) is 0 Å². The van der Waals surface area contributed by atoms with E-state index in [0.29, 0.717) is 0 Å². The summed E-state index contributed by atoms with van der Waals surface area (Å²) in [5, 5.41) is 47.4. The van der Waals surface area contributed by atoms with Gasteiger partial charge in [0.25, 0.3) is 5.52 Å². The van der Waals surface area contributed by atoms with Crippen LogP contribution < -0.4 is 10.5 Å². The lowest BCUT2D eigenvalue weighted by molar-refractivity contribution is -0.593. The van der Waals surface area contributed by atoms with E-state index in [9.17, 15) is 5.21 Å². The second-order valence-electron chi connectivity index (χ2n) is 2.63.